The Balaban J connectivity index is 3.02. The summed E-state index contributed by atoms with van der Waals surface area (Å²) in [7, 11) is 0. The predicted molar refractivity (Wildman–Crippen MR) is 51.3 cm³/mol. The summed E-state index contributed by atoms with van der Waals surface area (Å²) in [5.41, 5.74) is 5.35. The van der Waals surface area contributed by atoms with Gasteiger partial charge in [0.2, 0.25) is 5.91 Å². The van der Waals surface area contributed by atoms with E-state index in [9.17, 15) is 9.90 Å². The van der Waals surface area contributed by atoms with Crippen LogP contribution in [0.5, 0.6) is 5.75 Å². The molecular weight excluding hydrogens is 190 g/mol. The van der Waals surface area contributed by atoms with E-state index in [0.29, 0.717) is 5.56 Å². The third kappa shape index (κ3) is 2.49. The molecule has 3 N–H and O–H groups in total. The number of aromatic hydroxyl groups is 1. The number of para-hydroxylation sites is 1. The number of phenolic OH excluding ortho intramolecular Hbond substituents is 1. The van der Waals surface area contributed by atoms with E-state index in [4.69, 9.17) is 17.3 Å². The van der Waals surface area contributed by atoms with Gasteiger partial charge in [0.1, 0.15) is 5.75 Å². The van der Waals surface area contributed by atoms with Crippen LogP contribution >= 0.6 is 11.6 Å². The molecule has 4 heteroatoms. The fourth-order valence-corrected chi connectivity index (χ4v) is 1.02. The van der Waals surface area contributed by atoms with E-state index in [0.717, 1.165) is 6.08 Å². The number of rotatable bonds is 2. The molecule has 0 spiro atoms. The minimum Gasteiger partial charge on any atom is -0.506 e. The Kier molecular flexibility index (Phi) is 2.93. The Morgan fingerprint density at radius 1 is 1.54 bits per heavy atom. The van der Waals surface area contributed by atoms with Gasteiger partial charge in [-0.3, -0.25) is 4.79 Å². The maximum Gasteiger partial charge on any atom is 0.241 e. The number of carbonyl (C=O) groups is 1. The highest BCUT2D eigenvalue weighted by molar-refractivity contribution is 6.32. The zero-order valence-corrected chi connectivity index (χ0v) is 7.45. The van der Waals surface area contributed by atoms with Crippen LogP contribution in [0.1, 0.15) is 5.56 Å². The fourth-order valence-electron chi connectivity index (χ4n) is 0.838. The monoisotopic (exact) mass is 197 g/mol. The van der Waals surface area contributed by atoms with Crippen molar-refractivity contribution in [2.45, 2.75) is 0 Å². The van der Waals surface area contributed by atoms with Crippen LogP contribution in [0.25, 0.3) is 6.08 Å². The second-order valence-corrected chi connectivity index (χ2v) is 2.82. The van der Waals surface area contributed by atoms with Crippen molar-refractivity contribution in [3.63, 3.8) is 0 Å². The number of halogens is 1. The minimum atomic E-state index is -0.570. The molecule has 1 aromatic carbocycles. The van der Waals surface area contributed by atoms with Crippen molar-refractivity contribution >= 4 is 23.6 Å². The normalized spacial score (nSPS) is 10.5. The number of nitrogens with two attached hydrogens (primary N) is 1. The third-order valence-electron chi connectivity index (χ3n) is 1.45. The summed E-state index contributed by atoms with van der Waals surface area (Å²) < 4.78 is 0. The second-order valence-electron chi connectivity index (χ2n) is 2.41. The second kappa shape index (κ2) is 3.96. The number of hydrogen-bond donors (Lipinski definition) is 2. The lowest BCUT2D eigenvalue weighted by molar-refractivity contribution is -0.113. The average Bonchev–Trinajstić information content (AvgIpc) is 2.07. The maximum atomic E-state index is 10.4. The Morgan fingerprint density at radius 3 is 2.85 bits per heavy atom. The van der Waals surface area contributed by atoms with Crippen LogP contribution in [0, 0.1) is 0 Å². The number of hydrogen-bond acceptors (Lipinski definition) is 2. The topological polar surface area (TPSA) is 63.3 Å². The molecule has 1 aromatic rings. The number of carbonyl (C=O) groups excluding carboxylic acids is 1. The van der Waals surface area contributed by atoms with Crippen molar-refractivity contribution in [1.29, 1.82) is 0 Å². The first-order chi connectivity index (χ1) is 6.11. The van der Waals surface area contributed by atoms with E-state index in [1.807, 2.05) is 0 Å². The van der Waals surface area contributed by atoms with Crippen LogP contribution < -0.4 is 5.73 Å². The van der Waals surface area contributed by atoms with E-state index in [-0.39, 0.29) is 10.8 Å². The molecule has 0 saturated carbocycles. The lowest BCUT2D eigenvalue weighted by Gasteiger charge is -1.99. The number of primary amides is 1. The summed E-state index contributed by atoms with van der Waals surface area (Å²) >= 11 is 5.63. The Bertz CT molecular complexity index is 361. The lowest BCUT2D eigenvalue weighted by atomic mass is 10.2. The van der Waals surface area contributed by atoms with E-state index in [1.54, 1.807) is 18.2 Å². The molecule has 0 bridgehead atoms. The molecule has 68 valence electrons. The molecule has 0 aromatic heterocycles. The van der Waals surface area contributed by atoms with E-state index in [2.05, 4.69) is 0 Å². The van der Waals surface area contributed by atoms with Gasteiger partial charge in [-0.05, 0) is 12.1 Å². The molecule has 0 atom stereocenters. The van der Waals surface area contributed by atoms with Gasteiger partial charge in [0.15, 0.2) is 0 Å². The fraction of sp³-hybridized carbons (Fsp3) is 0. The zero-order chi connectivity index (χ0) is 9.84. The first kappa shape index (κ1) is 9.61. The van der Waals surface area contributed by atoms with Gasteiger partial charge in [-0.15, -0.1) is 0 Å². The van der Waals surface area contributed by atoms with Gasteiger partial charge in [0, 0.05) is 11.6 Å². The molecule has 0 heterocycles. The third-order valence-corrected chi connectivity index (χ3v) is 1.75. The van der Waals surface area contributed by atoms with E-state index in [1.165, 1.54) is 6.08 Å². The van der Waals surface area contributed by atoms with Gasteiger partial charge < -0.3 is 10.8 Å². The molecular formula is C9H8ClNO2. The first-order valence-corrected chi connectivity index (χ1v) is 3.94. The summed E-state index contributed by atoms with van der Waals surface area (Å²) in [5, 5.41) is 9.62. The molecule has 0 fully saturated rings. The highest BCUT2D eigenvalue weighted by Gasteiger charge is 2.01. The quantitative estimate of drug-likeness (QED) is 0.707. The molecule has 0 unspecified atom stereocenters. The van der Waals surface area contributed by atoms with Crippen molar-refractivity contribution in [2.75, 3.05) is 0 Å². The Labute approximate surface area is 80.4 Å². The minimum absolute atomic E-state index is 0.0540. The summed E-state index contributed by atoms with van der Waals surface area (Å²) in [5.74, 6) is -0.624. The highest BCUT2D eigenvalue weighted by atomic mass is 35.5. The van der Waals surface area contributed by atoms with Crippen LogP contribution in [-0.2, 0) is 4.79 Å². The van der Waals surface area contributed by atoms with Gasteiger partial charge in [0.05, 0.1) is 5.02 Å². The highest BCUT2D eigenvalue weighted by Crippen LogP contribution is 2.27. The largest absolute Gasteiger partial charge is 0.506 e. The smallest absolute Gasteiger partial charge is 0.241 e. The lowest BCUT2D eigenvalue weighted by Crippen LogP contribution is -2.05. The summed E-state index contributed by atoms with van der Waals surface area (Å²) in [4.78, 5) is 10.4. The van der Waals surface area contributed by atoms with Crippen LogP contribution in [-0.4, -0.2) is 11.0 Å². The van der Waals surface area contributed by atoms with Gasteiger partial charge in [-0.2, -0.15) is 0 Å². The Morgan fingerprint density at radius 2 is 2.23 bits per heavy atom. The van der Waals surface area contributed by atoms with Gasteiger partial charge in [-0.1, -0.05) is 23.7 Å². The molecule has 3 nitrogen and oxygen atoms in total. The van der Waals surface area contributed by atoms with E-state index >= 15 is 0 Å². The number of amides is 1. The molecule has 1 amide bonds. The average molecular weight is 198 g/mol. The van der Waals surface area contributed by atoms with Gasteiger partial charge >= 0.3 is 0 Å². The van der Waals surface area contributed by atoms with Crippen molar-refractivity contribution in [3.8, 4) is 5.75 Å². The zero-order valence-electron chi connectivity index (χ0n) is 6.70. The predicted octanol–water partition coefficient (Wildman–Crippen LogP) is 1.54. The summed E-state index contributed by atoms with van der Waals surface area (Å²) in [6, 6.07) is 4.85. The first-order valence-electron chi connectivity index (χ1n) is 3.56. The van der Waals surface area contributed by atoms with Crippen LogP contribution in [0.2, 0.25) is 5.02 Å². The number of benzene rings is 1. The van der Waals surface area contributed by atoms with Crippen molar-refractivity contribution < 1.29 is 9.90 Å². The molecule has 13 heavy (non-hydrogen) atoms. The van der Waals surface area contributed by atoms with Gasteiger partial charge in [-0.25, -0.2) is 0 Å². The van der Waals surface area contributed by atoms with Crippen molar-refractivity contribution in [2.24, 2.45) is 5.73 Å². The maximum absolute atomic E-state index is 10.4. The van der Waals surface area contributed by atoms with Gasteiger partial charge in [0.25, 0.3) is 0 Å². The summed E-state index contributed by atoms with van der Waals surface area (Å²) in [6.07, 6.45) is 2.56. The van der Waals surface area contributed by atoms with Crippen LogP contribution in [0.15, 0.2) is 24.3 Å². The molecule has 0 radical (unpaired) electrons. The number of phenols is 1. The summed E-state index contributed by atoms with van der Waals surface area (Å²) in [6.45, 7) is 0. The van der Waals surface area contributed by atoms with E-state index < -0.39 is 5.91 Å². The molecule has 0 aliphatic carbocycles. The molecule has 0 saturated heterocycles. The molecule has 1 rings (SSSR count). The molecule has 0 aliphatic heterocycles. The van der Waals surface area contributed by atoms with Crippen LogP contribution in [0.3, 0.4) is 0 Å². The van der Waals surface area contributed by atoms with Crippen molar-refractivity contribution in [1.82, 2.24) is 0 Å². The van der Waals surface area contributed by atoms with Crippen LogP contribution in [0.4, 0.5) is 0 Å². The molecule has 0 aliphatic rings. The SMILES string of the molecule is NC(=O)/C=C/c1cccc(Cl)c1O. The standard InChI is InChI=1S/C9H8ClNO2/c10-7-3-1-2-6(9(7)13)4-5-8(11)12/h1-5,13H,(H2,11,12)/b5-4+. The Hall–Kier alpha value is -1.48. The van der Waals surface area contributed by atoms with Crippen molar-refractivity contribution in [3.05, 3.63) is 34.9 Å².